The first kappa shape index (κ1) is 14.0. The third kappa shape index (κ3) is 2.79. The van der Waals surface area contributed by atoms with Crippen LogP contribution >= 0.6 is 0 Å². The standard InChI is InChI=1S/C11H19N5O2/c1-4-16-9(7(12)5-14-16)11(18)15-8(6(2)3)10(13)17/h5-6,8H,4,12H2,1-3H3,(H2,13,17)(H,15,18). The number of primary amides is 1. The van der Waals surface area contributed by atoms with E-state index in [1.807, 2.05) is 6.92 Å². The molecule has 0 spiro atoms. The number of nitrogens with one attached hydrogen (secondary N) is 1. The number of nitrogen functional groups attached to an aromatic ring is 1. The summed E-state index contributed by atoms with van der Waals surface area (Å²) in [4.78, 5) is 23.3. The molecule has 7 heteroatoms. The van der Waals surface area contributed by atoms with Crippen molar-refractivity contribution in [3.05, 3.63) is 11.9 Å². The lowest BCUT2D eigenvalue weighted by Crippen LogP contribution is -2.48. The van der Waals surface area contributed by atoms with Crippen LogP contribution in [0.25, 0.3) is 0 Å². The normalized spacial score (nSPS) is 12.4. The van der Waals surface area contributed by atoms with Crippen molar-refractivity contribution < 1.29 is 9.59 Å². The summed E-state index contributed by atoms with van der Waals surface area (Å²) in [5, 5.41) is 6.55. The minimum Gasteiger partial charge on any atom is -0.396 e. The van der Waals surface area contributed by atoms with Gasteiger partial charge in [-0.15, -0.1) is 0 Å². The minimum absolute atomic E-state index is 0.0920. The smallest absolute Gasteiger partial charge is 0.272 e. The van der Waals surface area contributed by atoms with Crippen LogP contribution in [0.1, 0.15) is 31.3 Å². The van der Waals surface area contributed by atoms with Gasteiger partial charge in [-0.25, -0.2) is 0 Å². The highest BCUT2D eigenvalue weighted by Gasteiger charge is 2.25. The van der Waals surface area contributed by atoms with Gasteiger partial charge in [0.1, 0.15) is 11.7 Å². The molecular weight excluding hydrogens is 234 g/mol. The van der Waals surface area contributed by atoms with Crippen LogP contribution in [-0.4, -0.2) is 27.6 Å². The van der Waals surface area contributed by atoms with Crippen LogP contribution in [0, 0.1) is 5.92 Å². The number of amides is 2. The van der Waals surface area contributed by atoms with Crippen LogP contribution in [0.4, 0.5) is 5.69 Å². The van der Waals surface area contributed by atoms with Gasteiger partial charge in [0.05, 0.1) is 11.9 Å². The summed E-state index contributed by atoms with van der Waals surface area (Å²) in [5.74, 6) is -1.10. The zero-order valence-electron chi connectivity index (χ0n) is 10.8. The van der Waals surface area contributed by atoms with Crippen molar-refractivity contribution >= 4 is 17.5 Å². The maximum atomic E-state index is 12.1. The number of nitrogens with zero attached hydrogens (tertiary/aromatic N) is 2. The largest absolute Gasteiger partial charge is 0.396 e. The van der Waals surface area contributed by atoms with Gasteiger partial charge in [-0.2, -0.15) is 5.10 Å². The van der Waals surface area contributed by atoms with Crippen molar-refractivity contribution in [2.24, 2.45) is 11.7 Å². The van der Waals surface area contributed by atoms with Crippen molar-refractivity contribution in [1.29, 1.82) is 0 Å². The van der Waals surface area contributed by atoms with Gasteiger partial charge in [0.2, 0.25) is 5.91 Å². The van der Waals surface area contributed by atoms with Crippen molar-refractivity contribution in [1.82, 2.24) is 15.1 Å². The average molecular weight is 253 g/mol. The summed E-state index contributed by atoms with van der Waals surface area (Å²) in [7, 11) is 0. The predicted molar refractivity (Wildman–Crippen MR) is 67.6 cm³/mol. The summed E-state index contributed by atoms with van der Waals surface area (Å²) >= 11 is 0. The van der Waals surface area contributed by atoms with E-state index in [-0.39, 0.29) is 17.3 Å². The van der Waals surface area contributed by atoms with Crippen LogP contribution in [0.15, 0.2) is 6.20 Å². The summed E-state index contributed by atoms with van der Waals surface area (Å²) in [6, 6.07) is -0.725. The molecule has 5 N–H and O–H groups in total. The van der Waals surface area contributed by atoms with Gasteiger partial charge < -0.3 is 16.8 Å². The fourth-order valence-electron chi connectivity index (χ4n) is 1.66. The Balaban J connectivity index is 2.94. The fraction of sp³-hybridized carbons (Fsp3) is 0.545. The van der Waals surface area contributed by atoms with Crippen molar-refractivity contribution in [3.63, 3.8) is 0 Å². The Morgan fingerprint density at radius 3 is 2.56 bits per heavy atom. The first-order chi connectivity index (χ1) is 8.38. The Morgan fingerprint density at radius 2 is 2.11 bits per heavy atom. The number of nitrogens with two attached hydrogens (primary N) is 2. The Kier molecular flexibility index (Phi) is 4.30. The molecule has 0 bridgehead atoms. The number of carbonyl (C=O) groups excluding carboxylic acids is 2. The topological polar surface area (TPSA) is 116 Å². The number of hydrogen-bond acceptors (Lipinski definition) is 4. The Hall–Kier alpha value is -2.05. The lowest BCUT2D eigenvalue weighted by molar-refractivity contribution is -0.120. The molecule has 1 aromatic rings. The quantitative estimate of drug-likeness (QED) is 0.669. The van der Waals surface area contributed by atoms with Crippen LogP contribution in [0.2, 0.25) is 0 Å². The number of aryl methyl sites for hydroxylation is 1. The summed E-state index contributed by atoms with van der Waals surface area (Å²) in [6.45, 7) is 5.96. The van der Waals surface area contributed by atoms with E-state index >= 15 is 0 Å². The van der Waals surface area contributed by atoms with Gasteiger partial charge in [-0.05, 0) is 12.8 Å². The first-order valence-electron chi connectivity index (χ1n) is 5.79. The number of hydrogen-bond donors (Lipinski definition) is 3. The van der Waals surface area contributed by atoms with Gasteiger partial charge >= 0.3 is 0 Å². The molecule has 1 unspecified atom stereocenters. The minimum atomic E-state index is -0.725. The highest BCUT2D eigenvalue weighted by Crippen LogP contribution is 2.11. The van der Waals surface area contributed by atoms with E-state index in [1.54, 1.807) is 13.8 Å². The van der Waals surface area contributed by atoms with Gasteiger partial charge in [0.15, 0.2) is 0 Å². The number of rotatable bonds is 5. The average Bonchev–Trinajstić information content (AvgIpc) is 2.66. The van der Waals surface area contributed by atoms with Crippen LogP contribution < -0.4 is 16.8 Å². The van der Waals surface area contributed by atoms with Gasteiger partial charge in [0.25, 0.3) is 5.91 Å². The molecule has 7 nitrogen and oxygen atoms in total. The summed E-state index contributed by atoms with van der Waals surface area (Å²) in [5.41, 5.74) is 11.5. The number of carbonyl (C=O) groups is 2. The van der Waals surface area contributed by atoms with E-state index < -0.39 is 17.9 Å². The molecule has 0 aliphatic carbocycles. The van der Waals surface area contributed by atoms with E-state index in [2.05, 4.69) is 10.4 Å². The molecule has 0 aliphatic rings. The first-order valence-corrected chi connectivity index (χ1v) is 5.79. The fourth-order valence-corrected chi connectivity index (χ4v) is 1.66. The third-order valence-electron chi connectivity index (χ3n) is 2.64. The van der Waals surface area contributed by atoms with Crippen molar-refractivity contribution in [2.75, 3.05) is 5.73 Å². The van der Waals surface area contributed by atoms with E-state index in [9.17, 15) is 9.59 Å². The molecule has 0 radical (unpaired) electrons. The monoisotopic (exact) mass is 253 g/mol. The SMILES string of the molecule is CCn1ncc(N)c1C(=O)NC(C(N)=O)C(C)C. The molecule has 0 saturated heterocycles. The Bertz CT molecular complexity index is 452. The Labute approximate surface area is 106 Å². The van der Waals surface area contributed by atoms with Crippen LogP contribution in [-0.2, 0) is 11.3 Å². The molecule has 0 saturated carbocycles. The van der Waals surface area contributed by atoms with Crippen LogP contribution in [0.3, 0.4) is 0 Å². The van der Waals surface area contributed by atoms with E-state index in [1.165, 1.54) is 10.9 Å². The molecular formula is C11H19N5O2. The molecule has 2 amide bonds. The van der Waals surface area contributed by atoms with Gasteiger partial charge in [-0.3, -0.25) is 14.3 Å². The van der Waals surface area contributed by atoms with Crippen molar-refractivity contribution in [3.8, 4) is 0 Å². The maximum absolute atomic E-state index is 12.1. The number of anilines is 1. The summed E-state index contributed by atoms with van der Waals surface area (Å²) < 4.78 is 1.48. The molecule has 18 heavy (non-hydrogen) atoms. The summed E-state index contributed by atoms with van der Waals surface area (Å²) in [6.07, 6.45) is 1.41. The lowest BCUT2D eigenvalue weighted by atomic mass is 10.0. The molecule has 100 valence electrons. The third-order valence-corrected chi connectivity index (χ3v) is 2.64. The Morgan fingerprint density at radius 1 is 1.50 bits per heavy atom. The highest BCUT2D eigenvalue weighted by atomic mass is 16.2. The van der Waals surface area contributed by atoms with E-state index in [4.69, 9.17) is 11.5 Å². The molecule has 0 aliphatic heterocycles. The zero-order chi connectivity index (χ0) is 13.9. The molecule has 0 fully saturated rings. The predicted octanol–water partition coefficient (Wildman–Crippen LogP) is -0.275. The molecule has 1 aromatic heterocycles. The number of aromatic nitrogens is 2. The molecule has 1 heterocycles. The molecule has 1 rings (SSSR count). The second-order valence-electron chi connectivity index (χ2n) is 4.36. The second kappa shape index (κ2) is 5.52. The maximum Gasteiger partial charge on any atom is 0.272 e. The van der Waals surface area contributed by atoms with Crippen LogP contribution in [0.5, 0.6) is 0 Å². The van der Waals surface area contributed by atoms with Crippen molar-refractivity contribution in [2.45, 2.75) is 33.4 Å². The second-order valence-corrected chi connectivity index (χ2v) is 4.36. The molecule has 0 aromatic carbocycles. The van der Waals surface area contributed by atoms with Gasteiger partial charge in [-0.1, -0.05) is 13.8 Å². The zero-order valence-corrected chi connectivity index (χ0v) is 10.8. The highest BCUT2D eigenvalue weighted by molar-refractivity contribution is 5.99. The lowest BCUT2D eigenvalue weighted by Gasteiger charge is -2.19. The van der Waals surface area contributed by atoms with Gasteiger partial charge in [0, 0.05) is 6.54 Å². The van der Waals surface area contributed by atoms with E-state index in [0.29, 0.717) is 6.54 Å². The van der Waals surface area contributed by atoms with E-state index in [0.717, 1.165) is 0 Å². The molecule has 1 atom stereocenters.